The second-order valence-electron chi connectivity index (χ2n) is 4.15. The third kappa shape index (κ3) is 3.15. The van der Waals surface area contributed by atoms with E-state index in [2.05, 4.69) is 15.6 Å². The zero-order valence-electron chi connectivity index (χ0n) is 10.1. The predicted octanol–water partition coefficient (Wildman–Crippen LogP) is 2.52. The number of furan rings is 1. The van der Waals surface area contributed by atoms with Crippen LogP contribution < -0.4 is 10.6 Å². The monoisotopic (exact) mass is 299 g/mol. The van der Waals surface area contributed by atoms with Crippen LogP contribution in [0.3, 0.4) is 0 Å². The number of hydrogen-bond donors (Lipinski definition) is 2. The topological polar surface area (TPSA) is 67.2 Å². The number of halogens is 1. The Labute approximate surface area is 120 Å². The third-order valence-electron chi connectivity index (χ3n) is 2.88. The summed E-state index contributed by atoms with van der Waals surface area (Å²) in [6.07, 6.45) is 3.55. The number of rotatable bonds is 3. The van der Waals surface area contributed by atoms with Crippen LogP contribution in [0.5, 0.6) is 0 Å². The molecule has 19 heavy (non-hydrogen) atoms. The molecule has 0 saturated carbocycles. The van der Waals surface area contributed by atoms with E-state index in [-0.39, 0.29) is 24.4 Å². The second-order valence-corrected chi connectivity index (χ2v) is 5.01. The van der Waals surface area contributed by atoms with E-state index < -0.39 is 0 Å². The maximum atomic E-state index is 11.9. The van der Waals surface area contributed by atoms with Gasteiger partial charge in [0.2, 0.25) is 5.91 Å². The summed E-state index contributed by atoms with van der Waals surface area (Å²) in [4.78, 5) is 16.2. The summed E-state index contributed by atoms with van der Waals surface area (Å²) in [7, 11) is 0. The average Bonchev–Trinajstić information content (AvgIpc) is 3.12. The molecule has 2 N–H and O–H groups in total. The Morgan fingerprint density at radius 1 is 1.58 bits per heavy atom. The summed E-state index contributed by atoms with van der Waals surface area (Å²) < 4.78 is 5.26. The second kappa shape index (κ2) is 6.18. The first-order valence-electron chi connectivity index (χ1n) is 5.86. The molecule has 0 radical (unpaired) electrons. The average molecular weight is 300 g/mol. The molecule has 3 heterocycles. The molecular weight excluding hydrogens is 286 g/mol. The fourth-order valence-electron chi connectivity index (χ4n) is 1.97. The van der Waals surface area contributed by atoms with Gasteiger partial charge in [-0.05, 0) is 31.5 Å². The molecule has 7 heteroatoms. The van der Waals surface area contributed by atoms with Crippen LogP contribution in [0.2, 0.25) is 0 Å². The van der Waals surface area contributed by atoms with Crippen molar-refractivity contribution in [1.29, 1.82) is 0 Å². The highest BCUT2D eigenvalue weighted by atomic mass is 35.5. The number of nitrogens with one attached hydrogen (secondary N) is 2. The van der Waals surface area contributed by atoms with Gasteiger partial charge >= 0.3 is 0 Å². The molecule has 0 aliphatic carbocycles. The summed E-state index contributed by atoms with van der Waals surface area (Å²) in [6, 6.07) is 3.58. The molecule has 1 saturated heterocycles. The molecular formula is C12H14ClN3O2S. The number of carbonyl (C=O) groups is 1. The van der Waals surface area contributed by atoms with Crippen LogP contribution >= 0.6 is 23.7 Å². The lowest BCUT2D eigenvalue weighted by atomic mass is 10.2. The number of hydrogen-bond acceptors (Lipinski definition) is 5. The standard InChI is InChI=1S/C12H13N3O2S.ClH/c16-11(8-3-1-5-13-8)15-12-14-9(7-18-12)10-4-2-6-17-10;/h2,4,6-8,13H,1,3,5H2,(H,14,15,16);1H. The van der Waals surface area contributed by atoms with Gasteiger partial charge in [-0.15, -0.1) is 23.7 Å². The highest BCUT2D eigenvalue weighted by Crippen LogP contribution is 2.25. The molecule has 5 nitrogen and oxygen atoms in total. The Kier molecular flexibility index (Phi) is 4.57. The zero-order chi connectivity index (χ0) is 12.4. The first-order chi connectivity index (χ1) is 8.83. The molecule has 1 unspecified atom stereocenters. The summed E-state index contributed by atoms with van der Waals surface area (Å²) in [5, 5.41) is 8.47. The van der Waals surface area contributed by atoms with Crippen molar-refractivity contribution in [2.24, 2.45) is 0 Å². The first kappa shape index (κ1) is 14.0. The van der Waals surface area contributed by atoms with Gasteiger partial charge in [-0.25, -0.2) is 4.98 Å². The minimum Gasteiger partial charge on any atom is -0.463 e. The van der Waals surface area contributed by atoms with Crippen molar-refractivity contribution in [2.45, 2.75) is 18.9 Å². The summed E-state index contributed by atoms with van der Waals surface area (Å²) in [5.74, 6) is 0.707. The van der Waals surface area contributed by atoms with Crippen LogP contribution in [0.1, 0.15) is 12.8 Å². The molecule has 2 aromatic heterocycles. The van der Waals surface area contributed by atoms with Crippen molar-refractivity contribution in [2.75, 3.05) is 11.9 Å². The normalized spacial score (nSPS) is 18.0. The van der Waals surface area contributed by atoms with Gasteiger partial charge < -0.3 is 15.1 Å². The lowest BCUT2D eigenvalue weighted by Gasteiger charge is -2.08. The van der Waals surface area contributed by atoms with Crippen molar-refractivity contribution < 1.29 is 9.21 Å². The van der Waals surface area contributed by atoms with Crippen molar-refractivity contribution in [1.82, 2.24) is 10.3 Å². The van der Waals surface area contributed by atoms with Gasteiger partial charge in [0, 0.05) is 5.38 Å². The van der Waals surface area contributed by atoms with Gasteiger partial charge in [0.1, 0.15) is 5.69 Å². The molecule has 0 aromatic carbocycles. The maximum absolute atomic E-state index is 11.9. The van der Waals surface area contributed by atoms with Crippen molar-refractivity contribution in [3.8, 4) is 11.5 Å². The molecule has 102 valence electrons. The minimum absolute atomic E-state index is 0. The fraction of sp³-hybridized carbons (Fsp3) is 0.333. The molecule has 1 aliphatic heterocycles. The van der Waals surface area contributed by atoms with Crippen LogP contribution in [0, 0.1) is 0 Å². The Morgan fingerprint density at radius 2 is 2.47 bits per heavy atom. The Bertz CT molecular complexity index is 535. The number of amides is 1. The molecule has 2 aromatic rings. The van der Waals surface area contributed by atoms with E-state index in [4.69, 9.17) is 4.42 Å². The number of nitrogens with zero attached hydrogens (tertiary/aromatic N) is 1. The lowest BCUT2D eigenvalue weighted by molar-refractivity contribution is -0.117. The minimum atomic E-state index is -0.0824. The van der Waals surface area contributed by atoms with Gasteiger partial charge in [-0.3, -0.25) is 4.79 Å². The summed E-state index contributed by atoms with van der Waals surface area (Å²) >= 11 is 1.40. The predicted molar refractivity (Wildman–Crippen MR) is 76.7 cm³/mol. The number of anilines is 1. The van der Waals surface area contributed by atoms with Crippen LogP contribution in [-0.4, -0.2) is 23.5 Å². The van der Waals surface area contributed by atoms with E-state index in [1.54, 1.807) is 6.26 Å². The zero-order valence-corrected chi connectivity index (χ0v) is 11.7. The Balaban J connectivity index is 0.00000133. The van der Waals surface area contributed by atoms with Crippen LogP contribution in [0.25, 0.3) is 11.5 Å². The number of aromatic nitrogens is 1. The van der Waals surface area contributed by atoms with Gasteiger partial charge in [-0.2, -0.15) is 0 Å². The molecule has 3 rings (SSSR count). The van der Waals surface area contributed by atoms with E-state index in [1.165, 1.54) is 11.3 Å². The van der Waals surface area contributed by atoms with Gasteiger partial charge in [0.25, 0.3) is 0 Å². The number of carbonyl (C=O) groups excluding carboxylic acids is 1. The Hall–Kier alpha value is -1.37. The van der Waals surface area contributed by atoms with Gasteiger partial charge in [-0.1, -0.05) is 0 Å². The lowest BCUT2D eigenvalue weighted by Crippen LogP contribution is -2.35. The van der Waals surface area contributed by atoms with E-state index in [1.807, 2.05) is 17.5 Å². The smallest absolute Gasteiger partial charge is 0.243 e. The van der Waals surface area contributed by atoms with E-state index in [0.29, 0.717) is 10.9 Å². The maximum Gasteiger partial charge on any atom is 0.243 e. The van der Waals surface area contributed by atoms with Crippen molar-refractivity contribution in [3.05, 3.63) is 23.8 Å². The van der Waals surface area contributed by atoms with E-state index >= 15 is 0 Å². The molecule has 1 aliphatic rings. The van der Waals surface area contributed by atoms with Crippen LogP contribution in [-0.2, 0) is 4.79 Å². The quantitative estimate of drug-likeness (QED) is 0.914. The molecule has 1 amide bonds. The fourth-order valence-corrected chi connectivity index (χ4v) is 2.67. The van der Waals surface area contributed by atoms with E-state index in [0.717, 1.165) is 25.1 Å². The van der Waals surface area contributed by atoms with Crippen LogP contribution in [0.4, 0.5) is 5.13 Å². The first-order valence-corrected chi connectivity index (χ1v) is 6.74. The summed E-state index contributed by atoms with van der Waals surface area (Å²) in [6.45, 7) is 0.910. The Morgan fingerprint density at radius 3 is 3.16 bits per heavy atom. The molecule has 1 atom stereocenters. The molecule has 1 fully saturated rings. The van der Waals surface area contributed by atoms with Crippen molar-refractivity contribution >= 4 is 34.8 Å². The van der Waals surface area contributed by atoms with Crippen LogP contribution in [0.15, 0.2) is 28.2 Å². The SMILES string of the molecule is Cl.O=C(Nc1nc(-c2ccco2)cs1)C1CCCN1. The number of thiazole rings is 1. The van der Waals surface area contributed by atoms with Gasteiger partial charge in [0.15, 0.2) is 10.9 Å². The van der Waals surface area contributed by atoms with Crippen molar-refractivity contribution in [3.63, 3.8) is 0 Å². The van der Waals surface area contributed by atoms with Gasteiger partial charge in [0.05, 0.1) is 12.3 Å². The third-order valence-corrected chi connectivity index (χ3v) is 3.64. The molecule has 0 spiro atoms. The molecule has 0 bridgehead atoms. The van der Waals surface area contributed by atoms with E-state index in [9.17, 15) is 4.79 Å². The highest BCUT2D eigenvalue weighted by Gasteiger charge is 2.22. The largest absolute Gasteiger partial charge is 0.463 e. The summed E-state index contributed by atoms with van der Waals surface area (Å²) in [5.41, 5.74) is 0.750. The highest BCUT2D eigenvalue weighted by molar-refractivity contribution is 7.14.